The topological polar surface area (TPSA) is 80.9 Å². The fraction of sp³-hybridized carbons (Fsp3) is 0.647. The van der Waals surface area contributed by atoms with Crippen molar-refractivity contribution in [3.63, 3.8) is 0 Å². The zero-order valence-corrected chi connectivity index (χ0v) is 16.2. The Balaban J connectivity index is 0. The number of phenolic OH excluding ortho intramolecular Hbond substituents is 1. The predicted molar refractivity (Wildman–Crippen MR) is 104 cm³/mol. The fourth-order valence-electron chi connectivity index (χ4n) is 2.04. The molecule has 0 aliphatic rings. The summed E-state index contributed by atoms with van der Waals surface area (Å²) in [6, 6.07) is 4.29. The molecule has 23 heavy (non-hydrogen) atoms. The van der Waals surface area contributed by atoms with E-state index in [4.69, 9.17) is 14.7 Å². The van der Waals surface area contributed by atoms with Crippen LogP contribution in [0, 0.1) is 0 Å². The summed E-state index contributed by atoms with van der Waals surface area (Å²) >= 11 is 0. The molecule has 0 amide bonds. The van der Waals surface area contributed by atoms with Gasteiger partial charge in [-0.05, 0) is 33.9 Å². The Morgan fingerprint density at radius 2 is 1.13 bits per heavy atom. The molecule has 0 aromatic heterocycles. The molecule has 0 aliphatic carbocycles. The minimum atomic E-state index is -3.61. The Morgan fingerprint density at radius 3 is 1.30 bits per heavy atom. The van der Waals surface area contributed by atoms with Gasteiger partial charge in [0, 0.05) is 0 Å². The number of phenols is 1. The van der Waals surface area contributed by atoms with Crippen LogP contribution in [0.3, 0.4) is 0 Å². The van der Waals surface area contributed by atoms with E-state index in [0.29, 0.717) is 5.75 Å². The first-order valence-corrected chi connectivity index (χ1v) is 9.95. The van der Waals surface area contributed by atoms with Gasteiger partial charge in [0.15, 0.2) is 0 Å². The number of benzene rings is 1. The molecule has 0 saturated carbocycles. The second-order valence-electron chi connectivity index (χ2n) is 7.86. The van der Waals surface area contributed by atoms with Crippen LogP contribution in [0.1, 0.15) is 65.2 Å². The SMILES string of the molecule is CCc1cc(C(C)(C)C)c(O)c(C(C)(C)C)c1.C[PH](O)(O)O.[CaH2]. The van der Waals surface area contributed by atoms with Crippen LogP contribution in [0.4, 0.5) is 0 Å². The summed E-state index contributed by atoms with van der Waals surface area (Å²) in [5, 5.41) is 10.5. The van der Waals surface area contributed by atoms with Crippen LogP contribution in [-0.2, 0) is 17.3 Å². The first-order chi connectivity index (χ1) is 9.57. The molecule has 4 nitrogen and oxygen atoms in total. The molecule has 0 saturated heterocycles. The summed E-state index contributed by atoms with van der Waals surface area (Å²) in [6.07, 6.45) is 1.01. The summed E-state index contributed by atoms with van der Waals surface area (Å²) < 4.78 is 0. The van der Waals surface area contributed by atoms with E-state index in [9.17, 15) is 5.11 Å². The number of aromatic hydroxyl groups is 1. The van der Waals surface area contributed by atoms with Gasteiger partial charge in [-0.3, -0.25) is 0 Å². The predicted octanol–water partition coefficient (Wildman–Crippen LogP) is 2.72. The van der Waals surface area contributed by atoms with Gasteiger partial charge in [-0.15, -0.1) is 0 Å². The van der Waals surface area contributed by atoms with Crippen LogP contribution >= 0.6 is 7.94 Å². The van der Waals surface area contributed by atoms with Crippen LogP contribution in [0.2, 0.25) is 0 Å². The summed E-state index contributed by atoms with van der Waals surface area (Å²) in [7, 11) is -3.61. The molecule has 0 fully saturated rings. The molecular weight excluding hydrogens is 339 g/mol. The van der Waals surface area contributed by atoms with Crippen molar-refractivity contribution in [2.45, 2.75) is 65.7 Å². The maximum atomic E-state index is 10.5. The summed E-state index contributed by atoms with van der Waals surface area (Å²) in [6.45, 7) is 16.0. The van der Waals surface area contributed by atoms with Crippen molar-refractivity contribution < 1.29 is 19.8 Å². The summed E-state index contributed by atoms with van der Waals surface area (Å²) in [4.78, 5) is 23.3. The molecule has 0 radical (unpaired) electrons. The van der Waals surface area contributed by atoms with Crippen LogP contribution in [0.25, 0.3) is 0 Å². The summed E-state index contributed by atoms with van der Waals surface area (Å²) in [5.41, 5.74) is 3.38. The van der Waals surface area contributed by atoms with E-state index in [1.54, 1.807) is 0 Å². The molecule has 0 unspecified atom stereocenters. The molecular formula is C17H35CaO4P. The van der Waals surface area contributed by atoms with Gasteiger partial charge < -0.3 is 5.11 Å². The van der Waals surface area contributed by atoms with Crippen LogP contribution in [0.15, 0.2) is 12.1 Å². The number of rotatable bonds is 1. The van der Waals surface area contributed by atoms with Crippen molar-refractivity contribution in [2.24, 2.45) is 0 Å². The van der Waals surface area contributed by atoms with Gasteiger partial charge in [-0.1, -0.05) is 60.6 Å². The maximum absolute atomic E-state index is 10.5. The van der Waals surface area contributed by atoms with Gasteiger partial charge in [0.1, 0.15) is 5.75 Å². The second kappa shape index (κ2) is 9.33. The zero-order valence-electron chi connectivity index (χ0n) is 15.2. The van der Waals surface area contributed by atoms with E-state index in [2.05, 4.69) is 60.6 Å². The molecule has 4 N–H and O–H groups in total. The third-order valence-corrected chi connectivity index (χ3v) is 3.19. The van der Waals surface area contributed by atoms with Crippen LogP contribution in [0.5, 0.6) is 5.75 Å². The fourth-order valence-corrected chi connectivity index (χ4v) is 2.04. The third-order valence-electron chi connectivity index (χ3n) is 3.19. The van der Waals surface area contributed by atoms with E-state index in [0.717, 1.165) is 24.2 Å². The van der Waals surface area contributed by atoms with Gasteiger partial charge in [0.2, 0.25) is 0 Å². The molecule has 1 aromatic carbocycles. The Bertz CT molecular complexity index is 456. The third kappa shape index (κ3) is 10.2. The average molecular weight is 375 g/mol. The van der Waals surface area contributed by atoms with Gasteiger partial charge in [0.05, 0.1) is 0 Å². The van der Waals surface area contributed by atoms with E-state index >= 15 is 0 Å². The van der Waals surface area contributed by atoms with E-state index in [-0.39, 0.29) is 48.6 Å². The molecule has 0 bridgehead atoms. The first kappa shape index (κ1) is 25.8. The number of hydrogen-bond acceptors (Lipinski definition) is 4. The quantitative estimate of drug-likeness (QED) is 0.450. The molecule has 0 spiro atoms. The van der Waals surface area contributed by atoms with E-state index in [1.807, 2.05) is 0 Å². The zero-order chi connectivity index (χ0) is 17.9. The molecule has 1 rings (SSSR count). The van der Waals surface area contributed by atoms with Crippen molar-refractivity contribution in [3.8, 4) is 5.75 Å². The van der Waals surface area contributed by atoms with Crippen molar-refractivity contribution in [2.75, 3.05) is 6.66 Å². The molecule has 0 heterocycles. The second-order valence-corrected chi connectivity index (χ2v) is 9.81. The van der Waals surface area contributed by atoms with Gasteiger partial charge in [-0.2, -0.15) is 0 Å². The Hall–Kier alpha value is 0.590. The standard InChI is InChI=1S/C16H26O.CH7O3P.Ca.2H/c1-8-11-9-12(15(2,3)4)14(17)13(10-11)16(5,6)7;1-5(2,3)4;;;/h9-10,17H,8H2,1-7H3;2-5H,1H3;;;. The Labute approximate surface area is 171 Å². The molecule has 6 heteroatoms. The van der Waals surface area contributed by atoms with Crippen molar-refractivity contribution in [1.82, 2.24) is 0 Å². The van der Waals surface area contributed by atoms with Crippen molar-refractivity contribution >= 4 is 45.7 Å². The van der Waals surface area contributed by atoms with Crippen LogP contribution < -0.4 is 0 Å². The van der Waals surface area contributed by atoms with Crippen molar-refractivity contribution in [3.05, 3.63) is 28.8 Å². The monoisotopic (exact) mass is 374 g/mol. The molecule has 0 aliphatic heterocycles. The molecule has 134 valence electrons. The summed E-state index contributed by atoms with van der Waals surface area (Å²) in [5.74, 6) is 0.474. The normalized spacial score (nSPS) is 12.8. The van der Waals surface area contributed by atoms with Gasteiger partial charge >= 0.3 is 67.0 Å². The van der Waals surface area contributed by atoms with Crippen LogP contribution in [-0.4, -0.2) is 64.2 Å². The van der Waals surface area contributed by atoms with E-state index in [1.165, 1.54) is 5.56 Å². The van der Waals surface area contributed by atoms with E-state index < -0.39 is 7.94 Å². The Morgan fingerprint density at radius 1 is 0.870 bits per heavy atom. The molecule has 1 aromatic rings. The minimum absolute atomic E-state index is 0. The van der Waals surface area contributed by atoms with Gasteiger partial charge in [0.25, 0.3) is 0 Å². The number of hydrogen-bond donors (Lipinski definition) is 4. The Kier molecular flexibility index (Phi) is 10.5. The number of aryl methyl sites for hydroxylation is 1. The average Bonchev–Trinajstić information content (AvgIpc) is 2.23. The molecule has 0 atom stereocenters. The van der Waals surface area contributed by atoms with Crippen molar-refractivity contribution in [1.29, 1.82) is 0 Å². The van der Waals surface area contributed by atoms with Gasteiger partial charge in [-0.25, -0.2) is 0 Å². The first-order valence-electron chi connectivity index (χ1n) is 7.61.